The largest absolute Gasteiger partial charge is 0.493 e. The molecular formula is C14H15FN2O2. The standard InChI is InChI=1S/C14H15FN2O2/c1-4-17-13(12(19-3)8-16-17)14(18)10-7-9(2)5-6-11(10)15/h5-8H,4H2,1-3H3. The second kappa shape index (κ2) is 5.22. The lowest BCUT2D eigenvalue weighted by Crippen LogP contribution is -2.13. The maximum Gasteiger partial charge on any atom is 0.217 e. The van der Waals surface area contributed by atoms with Crippen LogP contribution in [0.5, 0.6) is 5.75 Å². The van der Waals surface area contributed by atoms with Gasteiger partial charge in [0.15, 0.2) is 11.4 Å². The van der Waals surface area contributed by atoms with E-state index in [1.165, 1.54) is 30.1 Å². The molecule has 0 unspecified atom stereocenters. The minimum absolute atomic E-state index is 0.0356. The van der Waals surface area contributed by atoms with Crippen LogP contribution in [-0.4, -0.2) is 22.7 Å². The number of methoxy groups -OCH3 is 1. The van der Waals surface area contributed by atoms with Crippen molar-refractivity contribution in [3.63, 3.8) is 0 Å². The summed E-state index contributed by atoms with van der Waals surface area (Å²) in [6.07, 6.45) is 1.46. The Kier molecular flexibility index (Phi) is 3.64. The molecule has 0 amide bonds. The van der Waals surface area contributed by atoms with Crippen molar-refractivity contribution >= 4 is 5.78 Å². The van der Waals surface area contributed by atoms with Gasteiger partial charge in [-0.2, -0.15) is 5.10 Å². The molecule has 0 fully saturated rings. The number of benzene rings is 1. The quantitative estimate of drug-likeness (QED) is 0.795. The summed E-state index contributed by atoms with van der Waals surface area (Å²) in [7, 11) is 1.46. The summed E-state index contributed by atoms with van der Waals surface area (Å²) >= 11 is 0. The van der Waals surface area contributed by atoms with E-state index in [1.54, 1.807) is 6.07 Å². The third-order valence-corrected chi connectivity index (χ3v) is 2.91. The molecule has 0 aliphatic rings. The van der Waals surface area contributed by atoms with E-state index in [0.29, 0.717) is 12.3 Å². The molecule has 4 nitrogen and oxygen atoms in total. The third-order valence-electron chi connectivity index (χ3n) is 2.91. The monoisotopic (exact) mass is 262 g/mol. The number of carbonyl (C=O) groups is 1. The topological polar surface area (TPSA) is 44.1 Å². The fourth-order valence-electron chi connectivity index (χ4n) is 1.93. The molecule has 0 saturated carbocycles. The first-order chi connectivity index (χ1) is 9.08. The average Bonchev–Trinajstić information content (AvgIpc) is 2.83. The average molecular weight is 262 g/mol. The van der Waals surface area contributed by atoms with Crippen LogP contribution in [0, 0.1) is 12.7 Å². The molecule has 0 atom stereocenters. The number of nitrogens with zero attached hydrogens (tertiary/aromatic N) is 2. The molecular weight excluding hydrogens is 247 g/mol. The minimum atomic E-state index is -0.540. The molecule has 2 aromatic rings. The van der Waals surface area contributed by atoms with Gasteiger partial charge in [0, 0.05) is 6.54 Å². The number of halogens is 1. The predicted octanol–water partition coefficient (Wildman–Crippen LogP) is 2.59. The Morgan fingerprint density at radius 3 is 2.84 bits per heavy atom. The second-order valence-electron chi connectivity index (χ2n) is 4.19. The van der Waals surface area contributed by atoms with Gasteiger partial charge in [0.25, 0.3) is 0 Å². The first-order valence-electron chi connectivity index (χ1n) is 5.99. The van der Waals surface area contributed by atoms with E-state index in [4.69, 9.17) is 4.74 Å². The number of aryl methyl sites for hydroxylation is 2. The van der Waals surface area contributed by atoms with Crippen molar-refractivity contribution in [2.24, 2.45) is 0 Å². The normalized spacial score (nSPS) is 10.5. The Balaban J connectivity index is 2.55. The summed E-state index contributed by atoms with van der Waals surface area (Å²) in [6, 6.07) is 4.45. The Bertz CT molecular complexity index is 598. The number of rotatable bonds is 4. The molecule has 0 aliphatic carbocycles. The van der Waals surface area contributed by atoms with Crippen LogP contribution in [0.2, 0.25) is 0 Å². The van der Waals surface area contributed by atoms with E-state index in [0.717, 1.165) is 5.56 Å². The molecule has 19 heavy (non-hydrogen) atoms. The smallest absolute Gasteiger partial charge is 0.217 e. The van der Waals surface area contributed by atoms with E-state index in [9.17, 15) is 9.18 Å². The van der Waals surface area contributed by atoms with Crippen LogP contribution in [0.3, 0.4) is 0 Å². The van der Waals surface area contributed by atoms with Crippen LogP contribution in [0.25, 0.3) is 0 Å². The van der Waals surface area contributed by atoms with Gasteiger partial charge in [0.1, 0.15) is 5.82 Å². The number of hydrogen-bond donors (Lipinski definition) is 0. The molecule has 0 bridgehead atoms. The lowest BCUT2D eigenvalue weighted by Gasteiger charge is -2.08. The predicted molar refractivity (Wildman–Crippen MR) is 69.0 cm³/mol. The van der Waals surface area contributed by atoms with Crippen molar-refractivity contribution in [1.82, 2.24) is 9.78 Å². The molecule has 0 aliphatic heterocycles. The van der Waals surface area contributed by atoms with E-state index in [2.05, 4.69) is 5.10 Å². The first-order valence-corrected chi connectivity index (χ1v) is 5.99. The zero-order valence-electron chi connectivity index (χ0n) is 11.1. The molecule has 1 aromatic carbocycles. The van der Waals surface area contributed by atoms with E-state index in [1.807, 2.05) is 13.8 Å². The van der Waals surface area contributed by atoms with E-state index < -0.39 is 11.6 Å². The molecule has 1 aromatic heterocycles. The van der Waals surface area contributed by atoms with Gasteiger partial charge < -0.3 is 4.74 Å². The number of ether oxygens (including phenoxy) is 1. The van der Waals surface area contributed by atoms with Crippen LogP contribution < -0.4 is 4.74 Å². The highest BCUT2D eigenvalue weighted by Gasteiger charge is 2.22. The van der Waals surface area contributed by atoms with Crippen molar-refractivity contribution in [2.45, 2.75) is 20.4 Å². The zero-order chi connectivity index (χ0) is 14.0. The van der Waals surface area contributed by atoms with Gasteiger partial charge in [-0.25, -0.2) is 4.39 Å². The molecule has 2 rings (SSSR count). The number of hydrogen-bond acceptors (Lipinski definition) is 3. The zero-order valence-corrected chi connectivity index (χ0v) is 11.1. The van der Waals surface area contributed by atoms with Crippen LogP contribution in [0.4, 0.5) is 4.39 Å². The van der Waals surface area contributed by atoms with E-state index >= 15 is 0 Å². The summed E-state index contributed by atoms with van der Waals surface area (Å²) in [5.41, 5.74) is 1.13. The number of carbonyl (C=O) groups excluding carboxylic acids is 1. The van der Waals surface area contributed by atoms with E-state index in [-0.39, 0.29) is 11.3 Å². The highest BCUT2D eigenvalue weighted by molar-refractivity contribution is 6.09. The Morgan fingerprint density at radius 1 is 1.47 bits per heavy atom. The fraction of sp³-hybridized carbons (Fsp3) is 0.286. The molecule has 0 N–H and O–H groups in total. The van der Waals surface area contributed by atoms with Gasteiger partial charge in [-0.1, -0.05) is 11.6 Å². The van der Waals surface area contributed by atoms with Gasteiger partial charge in [0.05, 0.1) is 18.9 Å². The highest BCUT2D eigenvalue weighted by Crippen LogP contribution is 2.23. The van der Waals surface area contributed by atoms with Crippen molar-refractivity contribution in [3.8, 4) is 5.75 Å². The molecule has 0 spiro atoms. The SMILES string of the molecule is CCn1ncc(OC)c1C(=O)c1cc(C)ccc1F. The first kappa shape index (κ1) is 13.3. The van der Waals surface area contributed by atoms with Crippen LogP contribution in [0.1, 0.15) is 28.5 Å². The van der Waals surface area contributed by atoms with Crippen LogP contribution in [-0.2, 0) is 6.54 Å². The Hall–Kier alpha value is -2.17. The van der Waals surface area contributed by atoms with Gasteiger partial charge in [-0.3, -0.25) is 9.48 Å². The summed E-state index contributed by atoms with van der Waals surface area (Å²) < 4.78 is 20.4. The second-order valence-corrected chi connectivity index (χ2v) is 4.19. The van der Waals surface area contributed by atoms with Crippen LogP contribution >= 0.6 is 0 Å². The summed E-state index contributed by atoms with van der Waals surface area (Å²) in [5.74, 6) is -0.605. The van der Waals surface area contributed by atoms with Crippen LogP contribution in [0.15, 0.2) is 24.4 Å². The summed E-state index contributed by atoms with van der Waals surface area (Å²) in [4.78, 5) is 12.5. The molecule has 5 heteroatoms. The van der Waals surface area contributed by atoms with Crippen molar-refractivity contribution < 1.29 is 13.9 Å². The van der Waals surface area contributed by atoms with Crippen molar-refractivity contribution in [3.05, 3.63) is 47.0 Å². The summed E-state index contributed by atoms with van der Waals surface area (Å²) in [5, 5.41) is 4.05. The molecule has 100 valence electrons. The van der Waals surface area contributed by atoms with Gasteiger partial charge in [0.2, 0.25) is 5.78 Å². The molecule has 0 radical (unpaired) electrons. The van der Waals surface area contributed by atoms with Gasteiger partial charge in [-0.15, -0.1) is 0 Å². The highest BCUT2D eigenvalue weighted by atomic mass is 19.1. The number of aromatic nitrogens is 2. The fourth-order valence-corrected chi connectivity index (χ4v) is 1.93. The third kappa shape index (κ3) is 2.36. The Labute approximate surface area is 110 Å². The maximum absolute atomic E-state index is 13.8. The minimum Gasteiger partial charge on any atom is -0.493 e. The lowest BCUT2D eigenvalue weighted by atomic mass is 10.0. The van der Waals surface area contributed by atoms with Crippen molar-refractivity contribution in [1.29, 1.82) is 0 Å². The van der Waals surface area contributed by atoms with Gasteiger partial charge in [-0.05, 0) is 26.0 Å². The molecule has 0 saturated heterocycles. The lowest BCUT2D eigenvalue weighted by molar-refractivity contribution is 0.102. The Morgan fingerprint density at radius 2 is 2.21 bits per heavy atom. The number of ketones is 1. The molecule has 1 heterocycles. The maximum atomic E-state index is 13.8. The summed E-state index contributed by atoms with van der Waals surface area (Å²) in [6.45, 7) is 4.18. The van der Waals surface area contributed by atoms with Gasteiger partial charge >= 0.3 is 0 Å². The van der Waals surface area contributed by atoms with Crippen molar-refractivity contribution in [2.75, 3.05) is 7.11 Å².